The van der Waals surface area contributed by atoms with Crippen molar-refractivity contribution in [3.63, 3.8) is 0 Å². The van der Waals surface area contributed by atoms with Gasteiger partial charge in [-0.15, -0.1) is 0 Å². The maximum Gasteiger partial charge on any atom is 0.239 e. The molecule has 0 aliphatic heterocycles. The zero-order valence-corrected chi connectivity index (χ0v) is 12.6. The van der Waals surface area contributed by atoms with Crippen molar-refractivity contribution in [2.24, 2.45) is 5.92 Å². The van der Waals surface area contributed by atoms with Crippen LogP contribution in [-0.2, 0) is 0 Å². The van der Waals surface area contributed by atoms with Crippen LogP contribution in [0.3, 0.4) is 0 Å². The van der Waals surface area contributed by atoms with Crippen molar-refractivity contribution in [3.8, 4) is 5.88 Å². The van der Waals surface area contributed by atoms with E-state index in [1.54, 1.807) is 0 Å². The molecule has 0 radical (unpaired) electrons. The Hall–Kier alpha value is -1.75. The van der Waals surface area contributed by atoms with Gasteiger partial charge in [0, 0.05) is 10.2 Å². The third-order valence-electron chi connectivity index (χ3n) is 3.14. The molecule has 1 aromatic heterocycles. The fourth-order valence-corrected chi connectivity index (χ4v) is 2.23. The Morgan fingerprint density at radius 2 is 2.15 bits per heavy atom. The van der Waals surface area contributed by atoms with Crippen LogP contribution in [0.25, 0.3) is 0 Å². The number of hydrogen-bond donors (Lipinski definition) is 2. The zero-order valence-electron chi connectivity index (χ0n) is 11.0. The van der Waals surface area contributed by atoms with Crippen molar-refractivity contribution in [1.82, 2.24) is 4.98 Å². The predicted octanol–water partition coefficient (Wildman–Crippen LogP) is 3.96. The number of halogens is 1. The fourth-order valence-electron chi connectivity index (χ4n) is 1.83. The minimum atomic E-state index is 0.511. The van der Waals surface area contributed by atoms with E-state index >= 15 is 0 Å². The van der Waals surface area contributed by atoms with Gasteiger partial charge in [0.15, 0.2) is 0 Å². The van der Waals surface area contributed by atoms with E-state index in [9.17, 15) is 0 Å². The van der Waals surface area contributed by atoms with Crippen LogP contribution in [0.5, 0.6) is 5.88 Å². The number of anilines is 3. The molecule has 3 rings (SSSR count). The number of rotatable bonds is 5. The Kier molecular flexibility index (Phi) is 3.78. The van der Waals surface area contributed by atoms with Gasteiger partial charge < -0.3 is 15.8 Å². The molecule has 0 saturated heterocycles. The molecule has 0 spiro atoms. The topological polar surface area (TPSA) is 60.2 Å². The molecule has 4 nitrogen and oxygen atoms in total. The van der Waals surface area contributed by atoms with E-state index in [0.717, 1.165) is 16.0 Å². The summed E-state index contributed by atoms with van der Waals surface area (Å²) in [7, 11) is 0. The summed E-state index contributed by atoms with van der Waals surface area (Å²) in [6.07, 6.45) is 2.49. The van der Waals surface area contributed by atoms with E-state index in [1.807, 2.05) is 36.4 Å². The molecule has 5 heteroatoms. The van der Waals surface area contributed by atoms with Gasteiger partial charge in [0.2, 0.25) is 5.88 Å². The third kappa shape index (κ3) is 3.42. The summed E-state index contributed by atoms with van der Waals surface area (Å²) < 4.78 is 6.69. The highest BCUT2D eigenvalue weighted by Crippen LogP contribution is 2.31. The number of hydrogen-bond acceptors (Lipinski definition) is 4. The van der Waals surface area contributed by atoms with Crippen molar-refractivity contribution in [2.45, 2.75) is 12.8 Å². The summed E-state index contributed by atoms with van der Waals surface area (Å²) in [4.78, 5) is 4.42. The lowest BCUT2D eigenvalue weighted by Crippen LogP contribution is -2.05. The van der Waals surface area contributed by atoms with Gasteiger partial charge in [0.25, 0.3) is 0 Å². The number of ether oxygens (including phenoxy) is 1. The smallest absolute Gasteiger partial charge is 0.239 e. The minimum absolute atomic E-state index is 0.511. The summed E-state index contributed by atoms with van der Waals surface area (Å²) in [6.45, 7) is 0.706. The van der Waals surface area contributed by atoms with E-state index in [4.69, 9.17) is 10.5 Å². The van der Waals surface area contributed by atoms with E-state index in [2.05, 4.69) is 26.2 Å². The molecule has 1 heterocycles. The van der Waals surface area contributed by atoms with E-state index < -0.39 is 0 Å². The Balaban J connectivity index is 1.73. The molecular formula is C15H16BrN3O. The lowest BCUT2D eigenvalue weighted by Gasteiger charge is -2.11. The average molecular weight is 334 g/mol. The summed E-state index contributed by atoms with van der Waals surface area (Å²) >= 11 is 3.44. The molecule has 1 aliphatic carbocycles. The van der Waals surface area contributed by atoms with Gasteiger partial charge in [-0.05, 0) is 49.1 Å². The Morgan fingerprint density at radius 1 is 1.30 bits per heavy atom. The summed E-state index contributed by atoms with van der Waals surface area (Å²) in [5.74, 6) is 1.91. The highest BCUT2D eigenvalue weighted by Gasteiger charge is 2.22. The van der Waals surface area contributed by atoms with Crippen LogP contribution in [0.2, 0.25) is 0 Å². The largest absolute Gasteiger partial charge is 0.476 e. The van der Waals surface area contributed by atoms with Gasteiger partial charge in [0.05, 0.1) is 12.3 Å². The van der Waals surface area contributed by atoms with Gasteiger partial charge in [-0.1, -0.05) is 22.0 Å². The summed E-state index contributed by atoms with van der Waals surface area (Å²) in [5.41, 5.74) is 7.43. The van der Waals surface area contributed by atoms with Crippen molar-refractivity contribution >= 4 is 33.1 Å². The number of nitrogens with two attached hydrogens (primary N) is 1. The van der Waals surface area contributed by atoms with Gasteiger partial charge in [-0.25, -0.2) is 0 Å². The van der Waals surface area contributed by atoms with Crippen LogP contribution in [0.15, 0.2) is 40.9 Å². The lowest BCUT2D eigenvalue weighted by molar-refractivity contribution is 0.290. The van der Waals surface area contributed by atoms with Crippen molar-refractivity contribution in [1.29, 1.82) is 0 Å². The Labute approximate surface area is 126 Å². The number of aromatic nitrogens is 1. The monoisotopic (exact) mass is 333 g/mol. The molecule has 104 valence electrons. The molecular weight excluding hydrogens is 318 g/mol. The van der Waals surface area contributed by atoms with Crippen LogP contribution in [0.1, 0.15) is 12.8 Å². The van der Waals surface area contributed by atoms with Gasteiger partial charge in [-0.3, -0.25) is 0 Å². The van der Waals surface area contributed by atoms with Crippen molar-refractivity contribution < 1.29 is 4.74 Å². The van der Waals surface area contributed by atoms with Gasteiger partial charge >= 0.3 is 0 Å². The first kappa shape index (κ1) is 13.2. The molecule has 20 heavy (non-hydrogen) atoms. The van der Waals surface area contributed by atoms with E-state index in [-0.39, 0.29) is 0 Å². The fraction of sp³-hybridized carbons (Fsp3) is 0.267. The molecule has 0 amide bonds. The molecule has 2 aromatic rings. The van der Waals surface area contributed by atoms with Crippen LogP contribution in [-0.4, -0.2) is 11.6 Å². The predicted molar refractivity (Wildman–Crippen MR) is 84.3 cm³/mol. The third-order valence-corrected chi connectivity index (χ3v) is 3.63. The highest BCUT2D eigenvalue weighted by molar-refractivity contribution is 9.10. The highest BCUT2D eigenvalue weighted by atomic mass is 79.9. The molecule has 1 saturated carbocycles. The summed E-state index contributed by atoms with van der Waals surface area (Å²) in [5, 5.41) is 3.24. The molecule has 1 fully saturated rings. The number of nitrogens with one attached hydrogen (secondary N) is 1. The minimum Gasteiger partial charge on any atom is -0.476 e. The second kappa shape index (κ2) is 5.71. The van der Waals surface area contributed by atoms with Crippen molar-refractivity contribution in [3.05, 3.63) is 40.9 Å². The van der Waals surface area contributed by atoms with E-state index in [0.29, 0.717) is 24.1 Å². The molecule has 3 N–H and O–H groups in total. The van der Waals surface area contributed by atoms with Crippen LogP contribution in [0.4, 0.5) is 17.2 Å². The Bertz CT molecular complexity index is 614. The molecule has 0 bridgehead atoms. The number of nitrogens with zero attached hydrogens (tertiary/aromatic N) is 1. The van der Waals surface area contributed by atoms with Crippen LogP contribution >= 0.6 is 15.9 Å². The molecule has 1 aliphatic rings. The van der Waals surface area contributed by atoms with Crippen LogP contribution < -0.4 is 15.8 Å². The Morgan fingerprint density at radius 3 is 2.90 bits per heavy atom. The molecule has 0 atom stereocenters. The van der Waals surface area contributed by atoms with Crippen molar-refractivity contribution in [2.75, 3.05) is 17.7 Å². The number of nitrogen functional groups attached to an aromatic ring is 1. The van der Waals surface area contributed by atoms with Gasteiger partial charge in [-0.2, -0.15) is 4.98 Å². The second-order valence-electron chi connectivity index (χ2n) is 4.98. The standard InChI is InChI=1S/C15H16BrN3O/c16-11-2-1-3-12(8-11)18-14-7-6-13(17)15(19-14)20-9-10-4-5-10/h1-3,6-8,10H,4-5,9,17H2,(H,18,19). The van der Waals surface area contributed by atoms with Crippen LogP contribution in [0, 0.1) is 5.92 Å². The lowest BCUT2D eigenvalue weighted by atomic mass is 10.3. The quantitative estimate of drug-likeness (QED) is 0.869. The SMILES string of the molecule is Nc1ccc(Nc2cccc(Br)c2)nc1OCC1CC1. The van der Waals surface area contributed by atoms with E-state index in [1.165, 1.54) is 12.8 Å². The first-order chi connectivity index (χ1) is 9.70. The van der Waals surface area contributed by atoms with Gasteiger partial charge in [0.1, 0.15) is 5.82 Å². The normalized spacial score (nSPS) is 14.1. The molecule has 0 unspecified atom stereocenters. The first-order valence-corrected chi connectivity index (χ1v) is 7.42. The zero-order chi connectivity index (χ0) is 13.9. The molecule has 1 aromatic carbocycles. The number of benzene rings is 1. The second-order valence-corrected chi connectivity index (χ2v) is 5.90. The first-order valence-electron chi connectivity index (χ1n) is 6.62. The maximum absolute atomic E-state index is 5.89. The number of pyridine rings is 1. The summed E-state index contributed by atoms with van der Waals surface area (Å²) in [6, 6.07) is 11.6. The maximum atomic E-state index is 5.89. The average Bonchev–Trinajstić information content (AvgIpc) is 3.23.